The molecule has 0 saturated carbocycles. The van der Waals surface area contributed by atoms with E-state index in [9.17, 15) is 0 Å². The van der Waals surface area contributed by atoms with Gasteiger partial charge < -0.3 is 5.32 Å². The highest BCUT2D eigenvalue weighted by atomic mass is 35.5. The Hall–Kier alpha value is -1.49. The first kappa shape index (κ1) is 16.0. The number of fused-ring (bicyclic) bond motifs is 1. The highest BCUT2D eigenvalue weighted by Crippen LogP contribution is 2.37. The van der Waals surface area contributed by atoms with Crippen molar-refractivity contribution < 1.29 is 0 Å². The number of halogens is 1. The number of nitrogens with zero attached hydrogens (tertiary/aromatic N) is 2. The molecule has 1 aliphatic heterocycles. The monoisotopic (exact) mass is 357 g/mol. The lowest BCUT2D eigenvalue weighted by atomic mass is 9.92. The van der Waals surface area contributed by atoms with Crippen LogP contribution in [0.5, 0.6) is 0 Å². The van der Waals surface area contributed by atoms with Gasteiger partial charge in [0, 0.05) is 15.3 Å². The van der Waals surface area contributed by atoms with Gasteiger partial charge in [-0.2, -0.15) is 10.2 Å². The third kappa shape index (κ3) is 3.18. The second kappa shape index (κ2) is 6.79. The minimum absolute atomic E-state index is 0.713. The van der Waals surface area contributed by atoms with Crippen LogP contribution in [0.25, 0.3) is 20.5 Å². The van der Waals surface area contributed by atoms with Gasteiger partial charge in [0.15, 0.2) is 0 Å². The summed E-state index contributed by atoms with van der Waals surface area (Å²) in [7, 11) is 0. The van der Waals surface area contributed by atoms with Crippen LogP contribution < -0.4 is 5.32 Å². The first-order valence-electron chi connectivity index (χ1n) is 8.43. The molecule has 124 valence electrons. The molecule has 2 aromatic heterocycles. The number of piperidine rings is 1. The number of aromatic nitrogens is 2. The summed E-state index contributed by atoms with van der Waals surface area (Å²) in [6, 6.07) is 10.3. The largest absolute Gasteiger partial charge is 0.317 e. The van der Waals surface area contributed by atoms with E-state index in [0.29, 0.717) is 5.92 Å². The SMILES string of the molecule is Cc1nnc(CC2CCNCC2)c2cc(-c3ccc(Cl)cc3)sc12. The van der Waals surface area contributed by atoms with Gasteiger partial charge in [-0.1, -0.05) is 23.7 Å². The van der Waals surface area contributed by atoms with Crippen molar-refractivity contribution in [2.45, 2.75) is 26.2 Å². The van der Waals surface area contributed by atoms with Gasteiger partial charge in [-0.3, -0.25) is 0 Å². The van der Waals surface area contributed by atoms with E-state index >= 15 is 0 Å². The molecule has 1 N–H and O–H groups in total. The standard InChI is InChI=1S/C19H20ClN3S/c1-12-19-16(11-18(24-19)14-2-4-15(20)5-3-14)17(23-22-12)10-13-6-8-21-9-7-13/h2-5,11,13,21H,6-10H2,1H3. The highest BCUT2D eigenvalue weighted by Gasteiger charge is 2.18. The lowest BCUT2D eigenvalue weighted by molar-refractivity contribution is 0.370. The highest BCUT2D eigenvalue weighted by molar-refractivity contribution is 7.22. The van der Waals surface area contributed by atoms with Crippen LogP contribution in [0.15, 0.2) is 30.3 Å². The Labute approximate surface area is 151 Å². The molecule has 5 heteroatoms. The van der Waals surface area contributed by atoms with Crippen molar-refractivity contribution >= 4 is 33.0 Å². The van der Waals surface area contributed by atoms with Crippen molar-refractivity contribution in [1.82, 2.24) is 15.5 Å². The molecule has 0 unspecified atom stereocenters. The Morgan fingerprint density at radius 2 is 1.92 bits per heavy atom. The molecular formula is C19H20ClN3S. The summed E-state index contributed by atoms with van der Waals surface area (Å²) in [4.78, 5) is 1.26. The van der Waals surface area contributed by atoms with E-state index in [2.05, 4.69) is 33.7 Å². The zero-order chi connectivity index (χ0) is 16.5. The molecule has 0 radical (unpaired) electrons. The Balaban J connectivity index is 1.72. The first-order valence-corrected chi connectivity index (χ1v) is 9.62. The second-order valence-corrected chi connectivity index (χ2v) is 7.98. The van der Waals surface area contributed by atoms with Crippen molar-refractivity contribution in [1.29, 1.82) is 0 Å². The van der Waals surface area contributed by atoms with E-state index in [4.69, 9.17) is 11.6 Å². The van der Waals surface area contributed by atoms with Gasteiger partial charge in [-0.15, -0.1) is 11.3 Å². The van der Waals surface area contributed by atoms with E-state index in [1.54, 1.807) is 11.3 Å². The molecule has 1 saturated heterocycles. The summed E-state index contributed by atoms with van der Waals surface area (Å²) in [5.74, 6) is 0.713. The predicted molar refractivity (Wildman–Crippen MR) is 102 cm³/mol. The maximum absolute atomic E-state index is 6.02. The molecule has 0 bridgehead atoms. The number of benzene rings is 1. The third-order valence-corrected chi connectivity index (χ3v) is 6.31. The zero-order valence-electron chi connectivity index (χ0n) is 13.7. The molecule has 1 aromatic carbocycles. The van der Waals surface area contributed by atoms with Gasteiger partial charge in [0.1, 0.15) is 0 Å². The van der Waals surface area contributed by atoms with Crippen LogP contribution in [-0.2, 0) is 6.42 Å². The number of aryl methyl sites for hydroxylation is 1. The van der Waals surface area contributed by atoms with E-state index in [-0.39, 0.29) is 0 Å². The maximum Gasteiger partial charge on any atom is 0.0778 e. The molecule has 3 nitrogen and oxygen atoms in total. The predicted octanol–water partition coefficient (Wildman–Crippen LogP) is 4.86. The van der Waals surface area contributed by atoms with Crippen LogP contribution in [0.4, 0.5) is 0 Å². The smallest absolute Gasteiger partial charge is 0.0778 e. The summed E-state index contributed by atoms with van der Waals surface area (Å²) in [5, 5.41) is 14.4. The van der Waals surface area contributed by atoms with Crippen LogP contribution in [0.1, 0.15) is 24.2 Å². The Morgan fingerprint density at radius 3 is 2.67 bits per heavy atom. The molecule has 1 fully saturated rings. The number of hydrogen-bond donors (Lipinski definition) is 1. The van der Waals surface area contributed by atoms with Gasteiger partial charge in [-0.25, -0.2) is 0 Å². The summed E-state index contributed by atoms with van der Waals surface area (Å²) < 4.78 is 1.26. The van der Waals surface area contributed by atoms with Crippen LogP contribution in [0.2, 0.25) is 5.02 Å². The fourth-order valence-electron chi connectivity index (χ4n) is 3.38. The molecule has 0 atom stereocenters. The minimum atomic E-state index is 0.713. The minimum Gasteiger partial charge on any atom is -0.317 e. The van der Waals surface area contributed by atoms with E-state index in [1.807, 2.05) is 19.1 Å². The first-order chi connectivity index (χ1) is 11.7. The summed E-state index contributed by atoms with van der Waals surface area (Å²) in [5.41, 5.74) is 3.37. The fraction of sp³-hybridized carbons (Fsp3) is 0.368. The second-order valence-electron chi connectivity index (χ2n) is 6.49. The van der Waals surface area contributed by atoms with Gasteiger partial charge in [0.25, 0.3) is 0 Å². The zero-order valence-corrected chi connectivity index (χ0v) is 15.3. The fourth-order valence-corrected chi connectivity index (χ4v) is 4.63. The molecule has 4 rings (SSSR count). The van der Waals surface area contributed by atoms with Crippen molar-refractivity contribution in [3.8, 4) is 10.4 Å². The molecule has 24 heavy (non-hydrogen) atoms. The Kier molecular flexibility index (Phi) is 4.53. The topological polar surface area (TPSA) is 37.8 Å². The number of hydrogen-bond acceptors (Lipinski definition) is 4. The lowest BCUT2D eigenvalue weighted by Gasteiger charge is -2.22. The quantitative estimate of drug-likeness (QED) is 0.727. The van der Waals surface area contributed by atoms with Crippen LogP contribution >= 0.6 is 22.9 Å². The Bertz CT molecular complexity index is 851. The third-order valence-electron chi connectivity index (χ3n) is 4.76. The summed E-state index contributed by atoms with van der Waals surface area (Å²) >= 11 is 7.82. The van der Waals surface area contributed by atoms with Crippen molar-refractivity contribution in [3.63, 3.8) is 0 Å². The summed E-state index contributed by atoms with van der Waals surface area (Å²) in [6.45, 7) is 4.28. The van der Waals surface area contributed by atoms with Crippen molar-refractivity contribution in [2.24, 2.45) is 5.92 Å². The molecule has 0 spiro atoms. The van der Waals surface area contributed by atoms with Crippen molar-refractivity contribution in [2.75, 3.05) is 13.1 Å². The average Bonchev–Trinajstić information content (AvgIpc) is 3.05. The van der Waals surface area contributed by atoms with Crippen molar-refractivity contribution in [3.05, 3.63) is 46.7 Å². The van der Waals surface area contributed by atoms with E-state index < -0.39 is 0 Å². The van der Waals surface area contributed by atoms with Gasteiger partial charge in [0.2, 0.25) is 0 Å². The number of rotatable bonds is 3. The molecule has 0 aliphatic carbocycles. The van der Waals surface area contributed by atoms with Crippen LogP contribution in [0.3, 0.4) is 0 Å². The molecule has 1 aliphatic rings. The number of thiophene rings is 1. The van der Waals surface area contributed by atoms with E-state index in [1.165, 1.54) is 33.4 Å². The Morgan fingerprint density at radius 1 is 1.17 bits per heavy atom. The molecule has 0 amide bonds. The normalized spacial score (nSPS) is 15.9. The average molecular weight is 358 g/mol. The van der Waals surface area contributed by atoms with Crippen LogP contribution in [-0.4, -0.2) is 23.3 Å². The summed E-state index contributed by atoms with van der Waals surface area (Å²) in [6.07, 6.45) is 3.48. The van der Waals surface area contributed by atoms with E-state index in [0.717, 1.165) is 35.9 Å². The maximum atomic E-state index is 6.02. The molecule has 3 heterocycles. The van der Waals surface area contributed by atoms with Gasteiger partial charge in [-0.05, 0) is 69.0 Å². The molecular weight excluding hydrogens is 338 g/mol. The van der Waals surface area contributed by atoms with Gasteiger partial charge in [0.05, 0.1) is 16.1 Å². The number of nitrogens with one attached hydrogen (secondary N) is 1. The lowest BCUT2D eigenvalue weighted by Crippen LogP contribution is -2.28. The van der Waals surface area contributed by atoms with Crippen LogP contribution in [0, 0.1) is 12.8 Å². The van der Waals surface area contributed by atoms with Gasteiger partial charge >= 0.3 is 0 Å². The molecule has 3 aromatic rings.